The van der Waals surface area contributed by atoms with Crippen LogP contribution in [-0.2, 0) is 9.59 Å². The van der Waals surface area contributed by atoms with Gasteiger partial charge in [-0.15, -0.1) is 0 Å². The molecule has 0 spiro atoms. The number of piperazine rings is 1. The lowest BCUT2D eigenvalue weighted by atomic mass is 9.87. The van der Waals surface area contributed by atoms with Gasteiger partial charge in [-0.2, -0.15) is 0 Å². The van der Waals surface area contributed by atoms with Crippen LogP contribution in [0.4, 0.5) is 0 Å². The van der Waals surface area contributed by atoms with E-state index in [1.165, 1.54) is 16.5 Å². The molecule has 4 heterocycles. The second-order valence-corrected chi connectivity index (χ2v) is 14.6. The Kier molecular flexibility index (Phi) is 10.7. The number of H-pyrrole nitrogens is 1. The minimum absolute atomic E-state index is 0.00855. The number of ether oxygens (including phenoxy) is 2. The molecule has 1 N–H and O–H groups in total. The largest absolute Gasteiger partial charge is 0.493 e. The Morgan fingerprint density at radius 3 is 2.23 bits per heavy atom. The molecule has 3 aliphatic heterocycles. The zero-order chi connectivity index (χ0) is 33.9. The number of rotatable bonds is 9. The number of methoxy groups -OCH3 is 2. The topological polar surface area (TPSA) is 81.3 Å². The molecule has 1 aromatic heterocycles. The number of carbonyl (C=O) groups is 2. The molecule has 0 unspecified atom stereocenters. The molecular weight excluding hydrogens is 602 g/mol. The molecule has 1 atom stereocenters. The Hall–Kier alpha value is -3.56. The molecule has 3 aromatic rings. The average molecular weight is 658 g/mol. The number of fused-ring (bicyclic) bond motifs is 1. The van der Waals surface area contributed by atoms with Crippen molar-refractivity contribution < 1.29 is 19.1 Å². The van der Waals surface area contributed by atoms with Gasteiger partial charge in [0.2, 0.25) is 11.8 Å². The monoisotopic (exact) mass is 657 g/mol. The van der Waals surface area contributed by atoms with Crippen LogP contribution in [0, 0.1) is 5.92 Å². The Bertz CT molecular complexity index is 1580. The molecule has 2 amide bonds. The van der Waals surface area contributed by atoms with Crippen LogP contribution in [0.1, 0.15) is 76.3 Å². The molecule has 260 valence electrons. The van der Waals surface area contributed by atoms with Gasteiger partial charge in [-0.25, -0.2) is 0 Å². The third-order valence-corrected chi connectivity index (χ3v) is 11.0. The molecule has 3 fully saturated rings. The van der Waals surface area contributed by atoms with E-state index >= 15 is 0 Å². The number of likely N-dealkylation sites (tertiary alicyclic amines) is 2. The zero-order valence-electron chi connectivity index (χ0n) is 29.9. The van der Waals surface area contributed by atoms with Crippen molar-refractivity contribution in [2.24, 2.45) is 5.92 Å². The van der Waals surface area contributed by atoms with Crippen molar-refractivity contribution in [3.05, 3.63) is 47.5 Å². The number of aromatic nitrogens is 1. The van der Waals surface area contributed by atoms with Crippen molar-refractivity contribution in [2.45, 2.75) is 71.3 Å². The number of benzene rings is 2. The first kappa shape index (κ1) is 34.3. The van der Waals surface area contributed by atoms with Gasteiger partial charge < -0.3 is 24.3 Å². The summed E-state index contributed by atoms with van der Waals surface area (Å²) in [6.07, 6.45) is 3.83. The lowest BCUT2D eigenvalue weighted by Gasteiger charge is -2.40. The predicted molar refractivity (Wildman–Crippen MR) is 192 cm³/mol. The Morgan fingerprint density at radius 1 is 0.833 bits per heavy atom. The number of hydrogen-bond acceptors (Lipinski definition) is 6. The minimum atomic E-state index is 0.00855. The van der Waals surface area contributed by atoms with E-state index in [0.717, 1.165) is 99.8 Å². The Morgan fingerprint density at radius 2 is 1.56 bits per heavy atom. The first-order valence-electron chi connectivity index (χ1n) is 18.1. The SMILES string of the molecule is COc1ccc(-c2[nH]c3ccc(C4CCN(C(=O)CN5CCC[C@@H](C(=O)N6CCN(C(C)C)CC6)C5)CC4)cc3c2C(C)C)cc1OC. The van der Waals surface area contributed by atoms with Gasteiger partial charge in [0.25, 0.3) is 0 Å². The lowest BCUT2D eigenvalue weighted by molar-refractivity contribution is -0.141. The number of nitrogens with zero attached hydrogens (tertiary/aromatic N) is 4. The normalized spacial score (nSPS) is 20.2. The number of hydrogen-bond donors (Lipinski definition) is 1. The second kappa shape index (κ2) is 14.9. The quantitative estimate of drug-likeness (QED) is 0.307. The third-order valence-electron chi connectivity index (χ3n) is 11.0. The van der Waals surface area contributed by atoms with Crippen molar-refractivity contribution in [1.82, 2.24) is 24.6 Å². The van der Waals surface area contributed by atoms with Gasteiger partial charge in [-0.3, -0.25) is 19.4 Å². The van der Waals surface area contributed by atoms with Gasteiger partial charge in [-0.05, 0) is 99.4 Å². The van der Waals surface area contributed by atoms with E-state index in [-0.39, 0.29) is 17.7 Å². The highest BCUT2D eigenvalue weighted by Gasteiger charge is 2.33. The van der Waals surface area contributed by atoms with Crippen LogP contribution in [0.3, 0.4) is 0 Å². The maximum Gasteiger partial charge on any atom is 0.236 e. The van der Waals surface area contributed by atoms with E-state index in [0.29, 0.717) is 31.0 Å². The Balaban J connectivity index is 1.06. The maximum atomic E-state index is 13.5. The smallest absolute Gasteiger partial charge is 0.236 e. The molecule has 0 radical (unpaired) electrons. The summed E-state index contributed by atoms with van der Waals surface area (Å²) in [5.74, 6) is 2.69. The number of carbonyl (C=O) groups excluding carboxylic acids is 2. The van der Waals surface area contributed by atoms with Crippen molar-refractivity contribution in [1.29, 1.82) is 0 Å². The highest BCUT2D eigenvalue weighted by Crippen LogP contribution is 2.40. The summed E-state index contributed by atoms with van der Waals surface area (Å²) in [4.78, 5) is 39.3. The fraction of sp³-hybridized carbons (Fsp3) is 0.590. The number of piperidine rings is 2. The first-order valence-corrected chi connectivity index (χ1v) is 18.1. The molecule has 9 heteroatoms. The van der Waals surface area contributed by atoms with Crippen molar-refractivity contribution in [2.75, 3.05) is 73.1 Å². The van der Waals surface area contributed by atoms with Crippen molar-refractivity contribution in [3.8, 4) is 22.8 Å². The standard InChI is InChI=1S/C39H55N5O4/c1-26(2)37-32-22-29(9-11-33(32)40-38(37)30-10-12-34(47-5)35(23-30)48-6)28-13-16-43(17-14-28)36(45)25-41-15-7-8-31(24-41)39(46)44-20-18-42(19-21-44)27(3)4/h9-12,22-23,26-28,31,40H,7-8,13-21,24-25H2,1-6H3/t31-/m1/s1. The average Bonchev–Trinajstić information content (AvgIpc) is 3.50. The summed E-state index contributed by atoms with van der Waals surface area (Å²) >= 11 is 0. The Labute approximate surface area is 286 Å². The summed E-state index contributed by atoms with van der Waals surface area (Å²) in [6.45, 7) is 16.0. The van der Waals surface area contributed by atoms with Crippen molar-refractivity contribution >= 4 is 22.7 Å². The highest BCUT2D eigenvalue weighted by molar-refractivity contribution is 5.92. The van der Waals surface area contributed by atoms with Gasteiger partial charge in [0.1, 0.15) is 0 Å². The van der Waals surface area contributed by atoms with Crippen LogP contribution in [0.25, 0.3) is 22.2 Å². The van der Waals surface area contributed by atoms with Gasteiger partial charge in [0, 0.05) is 68.3 Å². The van der Waals surface area contributed by atoms with E-state index in [1.807, 2.05) is 12.1 Å². The van der Waals surface area contributed by atoms with Gasteiger partial charge in [-0.1, -0.05) is 19.9 Å². The summed E-state index contributed by atoms with van der Waals surface area (Å²) in [6, 6.07) is 13.5. The number of amides is 2. The molecule has 3 saturated heterocycles. The maximum absolute atomic E-state index is 13.5. The van der Waals surface area contributed by atoms with Crippen LogP contribution in [0.2, 0.25) is 0 Å². The second-order valence-electron chi connectivity index (χ2n) is 14.6. The van der Waals surface area contributed by atoms with E-state index in [1.54, 1.807) is 14.2 Å². The molecule has 3 aliphatic rings. The van der Waals surface area contributed by atoms with Gasteiger partial charge in [0.15, 0.2) is 11.5 Å². The summed E-state index contributed by atoms with van der Waals surface area (Å²) in [5, 5.41) is 1.27. The molecule has 6 rings (SSSR count). The predicted octanol–water partition coefficient (Wildman–Crippen LogP) is 5.95. The van der Waals surface area contributed by atoms with E-state index in [2.05, 4.69) is 76.5 Å². The zero-order valence-corrected chi connectivity index (χ0v) is 29.9. The molecular formula is C39H55N5O4. The van der Waals surface area contributed by atoms with Crippen LogP contribution in [0.5, 0.6) is 11.5 Å². The van der Waals surface area contributed by atoms with E-state index in [9.17, 15) is 9.59 Å². The summed E-state index contributed by atoms with van der Waals surface area (Å²) < 4.78 is 11.1. The molecule has 0 saturated carbocycles. The third kappa shape index (κ3) is 7.22. The van der Waals surface area contributed by atoms with Crippen LogP contribution in [-0.4, -0.2) is 116 Å². The van der Waals surface area contributed by atoms with Crippen molar-refractivity contribution in [3.63, 3.8) is 0 Å². The first-order chi connectivity index (χ1) is 23.2. The minimum Gasteiger partial charge on any atom is -0.493 e. The van der Waals surface area contributed by atoms with Gasteiger partial charge in [0.05, 0.1) is 32.4 Å². The molecule has 0 aliphatic carbocycles. The highest BCUT2D eigenvalue weighted by atomic mass is 16.5. The van der Waals surface area contributed by atoms with Crippen LogP contribution < -0.4 is 9.47 Å². The van der Waals surface area contributed by atoms with E-state index < -0.39 is 0 Å². The molecule has 2 aromatic carbocycles. The molecule has 0 bridgehead atoms. The summed E-state index contributed by atoms with van der Waals surface area (Å²) in [7, 11) is 3.33. The van der Waals surface area contributed by atoms with E-state index in [4.69, 9.17) is 9.47 Å². The van der Waals surface area contributed by atoms with Crippen LogP contribution in [0.15, 0.2) is 36.4 Å². The summed E-state index contributed by atoms with van der Waals surface area (Å²) in [5.41, 5.74) is 5.99. The van der Waals surface area contributed by atoms with Gasteiger partial charge >= 0.3 is 0 Å². The number of aromatic amines is 1. The number of nitrogens with one attached hydrogen (secondary N) is 1. The fourth-order valence-corrected chi connectivity index (χ4v) is 8.17. The molecule has 9 nitrogen and oxygen atoms in total. The van der Waals surface area contributed by atoms with Crippen LogP contribution >= 0.6 is 0 Å². The lowest BCUT2D eigenvalue weighted by Crippen LogP contribution is -2.54. The molecule has 48 heavy (non-hydrogen) atoms. The fourth-order valence-electron chi connectivity index (χ4n) is 8.17.